The van der Waals surface area contributed by atoms with E-state index in [0.29, 0.717) is 16.9 Å². The van der Waals surface area contributed by atoms with Crippen molar-refractivity contribution in [3.05, 3.63) is 41.4 Å². The van der Waals surface area contributed by atoms with Gasteiger partial charge >= 0.3 is 6.61 Å². The van der Waals surface area contributed by atoms with E-state index in [-0.39, 0.29) is 34.8 Å². The number of alkyl halides is 2. The summed E-state index contributed by atoms with van der Waals surface area (Å²) in [5, 5.41) is 7.33. The monoisotopic (exact) mass is 408 g/mol. The molecule has 10 heteroatoms. The van der Waals surface area contributed by atoms with Gasteiger partial charge in [-0.1, -0.05) is 6.07 Å². The van der Waals surface area contributed by atoms with E-state index in [2.05, 4.69) is 15.2 Å². The molecule has 1 N–H and O–H groups in total. The molecule has 28 heavy (non-hydrogen) atoms. The van der Waals surface area contributed by atoms with Crippen LogP contribution in [0.25, 0.3) is 6.08 Å². The smallest absolute Gasteiger partial charge is 0.387 e. The van der Waals surface area contributed by atoms with Gasteiger partial charge in [0, 0.05) is 13.2 Å². The minimum absolute atomic E-state index is 0.0761. The van der Waals surface area contributed by atoms with E-state index in [1.165, 1.54) is 17.0 Å². The Morgan fingerprint density at radius 1 is 1.36 bits per heavy atom. The van der Waals surface area contributed by atoms with Crippen molar-refractivity contribution in [2.45, 2.75) is 20.5 Å². The van der Waals surface area contributed by atoms with Crippen LogP contribution < -0.4 is 19.7 Å². The zero-order valence-electron chi connectivity index (χ0n) is 15.4. The van der Waals surface area contributed by atoms with E-state index in [1.54, 1.807) is 43.9 Å². The molecule has 2 aromatic rings. The maximum absolute atomic E-state index is 12.8. The van der Waals surface area contributed by atoms with E-state index in [0.717, 1.165) is 0 Å². The zero-order valence-corrected chi connectivity index (χ0v) is 16.2. The third kappa shape index (κ3) is 3.96. The largest absolute Gasteiger partial charge is 0.490 e. The molecule has 0 aliphatic carbocycles. The van der Waals surface area contributed by atoms with Crippen LogP contribution in [0.3, 0.4) is 0 Å². The van der Waals surface area contributed by atoms with Gasteiger partial charge in [0.15, 0.2) is 16.6 Å². The van der Waals surface area contributed by atoms with Crippen LogP contribution in [0.15, 0.2) is 30.1 Å². The van der Waals surface area contributed by atoms with Crippen molar-refractivity contribution >= 4 is 35.0 Å². The summed E-state index contributed by atoms with van der Waals surface area (Å²) < 4.78 is 36.5. The first-order chi connectivity index (χ1) is 13.3. The van der Waals surface area contributed by atoms with Gasteiger partial charge in [-0.25, -0.2) is 4.90 Å². The Kier molecular flexibility index (Phi) is 5.59. The van der Waals surface area contributed by atoms with Crippen LogP contribution in [0.5, 0.6) is 11.5 Å². The molecule has 7 nitrogen and oxygen atoms in total. The number of nitrogens with zero attached hydrogens (tertiary/aromatic N) is 3. The van der Waals surface area contributed by atoms with Crippen molar-refractivity contribution in [3.8, 4) is 11.5 Å². The van der Waals surface area contributed by atoms with Crippen LogP contribution >= 0.6 is 12.2 Å². The van der Waals surface area contributed by atoms with Crippen LogP contribution in [-0.2, 0) is 11.8 Å². The summed E-state index contributed by atoms with van der Waals surface area (Å²) in [4.78, 5) is 14.2. The third-order valence-corrected chi connectivity index (χ3v) is 4.19. The Hall–Kier alpha value is -3.01. The van der Waals surface area contributed by atoms with E-state index < -0.39 is 6.61 Å². The second-order valence-corrected chi connectivity index (χ2v) is 6.31. The molecule has 3 rings (SSSR count). The molecular weight excluding hydrogens is 390 g/mol. The molecule has 1 saturated heterocycles. The number of anilines is 1. The van der Waals surface area contributed by atoms with Crippen LogP contribution in [0.4, 0.5) is 14.5 Å². The summed E-state index contributed by atoms with van der Waals surface area (Å²) in [6.45, 7) is 0.819. The topological polar surface area (TPSA) is 68.6 Å². The van der Waals surface area contributed by atoms with Gasteiger partial charge in [-0.05, 0) is 49.8 Å². The van der Waals surface area contributed by atoms with Gasteiger partial charge in [0.25, 0.3) is 5.91 Å². The number of nitrogens with one attached hydrogen (secondary N) is 1. The average molecular weight is 408 g/mol. The Morgan fingerprint density at radius 3 is 2.71 bits per heavy atom. The normalized spacial score (nSPS) is 15.5. The van der Waals surface area contributed by atoms with Crippen LogP contribution in [0.1, 0.15) is 18.2 Å². The number of halogens is 2. The molecular formula is C18H18F2N4O3S. The summed E-state index contributed by atoms with van der Waals surface area (Å²) in [7, 11) is 1.75. The molecule has 0 unspecified atom stereocenters. The Labute approximate surface area is 165 Å². The third-order valence-electron chi connectivity index (χ3n) is 3.90. The highest BCUT2D eigenvalue weighted by molar-refractivity contribution is 7.80. The molecule has 1 aromatic heterocycles. The van der Waals surface area contributed by atoms with Crippen LogP contribution in [-0.4, -0.2) is 34.0 Å². The Morgan fingerprint density at radius 2 is 2.11 bits per heavy atom. The number of carbonyl (C=O) groups excluding carboxylic acids is 1. The van der Waals surface area contributed by atoms with Gasteiger partial charge in [-0.3, -0.25) is 9.48 Å². The molecule has 1 aromatic carbocycles. The Balaban J connectivity index is 1.91. The fourth-order valence-electron chi connectivity index (χ4n) is 2.80. The number of benzene rings is 1. The number of ether oxygens (including phenoxy) is 2. The summed E-state index contributed by atoms with van der Waals surface area (Å²) >= 11 is 5.29. The lowest BCUT2D eigenvalue weighted by molar-refractivity contribution is -0.113. The highest BCUT2D eigenvalue weighted by atomic mass is 32.1. The summed E-state index contributed by atoms with van der Waals surface area (Å²) in [5.41, 5.74) is 2.06. The van der Waals surface area contributed by atoms with Gasteiger partial charge < -0.3 is 14.8 Å². The SMILES string of the molecule is CCOc1cc(/C=C2/NC(=S)N(c3cn(C)nc3C)C2=O)ccc1OC(F)F. The fraction of sp³-hybridized carbons (Fsp3) is 0.278. The van der Waals surface area contributed by atoms with Gasteiger partial charge in [0.1, 0.15) is 5.70 Å². The highest BCUT2D eigenvalue weighted by Gasteiger charge is 2.34. The highest BCUT2D eigenvalue weighted by Crippen LogP contribution is 2.31. The number of rotatable bonds is 6. The average Bonchev–Trinajstić information content (AvgIpc) is 3.07. The summed E-state index contributed by atoms with van der Waals surface area (Å²) in [5.74, 6) is -0.259. The molecule has 148 valence electrons. The number of aromatic nitrogens is 2. The molecule has 1 aliphatic rings. The molecule has 0 spiro atoms. The van der Waals surface area contributed by atoms with Gasteiger partial charge in [0.2, 0.25) is 0 Å². The van der Waals surface area contributed by atoms with Crippen molar-refractivity contribution in [1.82, 2.24) is 15.1 Å². The number of carbonyl (C=O) groups is 1. The zero-order chi connectivity index (χ0) is 20.4. The van der Waals surface area contributed by atoms with Crippen LogP contribution in [0.2, 0.25) is 0 Å². The predicted octanol–water partition coefficient (Wildman–Crippen LogP) is 2.99. The number of aryl methyl sites for hydroxylation is 2. The number of thiocarbonyl (C=S) groups is 1. The Bertz CT molecular complexity index is 958. The van der Waals surface area contributed by atoms with Gasteiger partial charge in [-0.15, -0.1) is 0 Å². The van der Waals surface area contributed by atoms with Gasteiger partial charge in [0.05, 0.1) is 18.0 Å². The maximum Gasteiger partial charge on any atom is 0.387 e. The molecule has 0 radical (unpaired) electrons. The molecule has 0 bridgehead atoms. The van der Waals surface area contributed by atoms with E-state index in [1.807, 2.05) is 0 Å². The van der Waals surface area contributed by atoms with Crippen molar-refractivity contribution in [1.29, 1.82) is 0 Å². The summed E-state index contributed by atoms with van der Waals surface area (Å²) in [6, 6.07) is 4.43. The molecule has 0 saturated carbocycles. The minimum Gasteiger partial charge on any atom is -0.490 e. The summed E-state index contributed by atoms with van der Waals surface area (Å²) in [6.07, 6.45) is 3.27. The van der Waals surface area contributed by atoms with Gasteiger partial charge in [-0.2, -0.15) is 13.9 Å². The first kappa shape index (κ1) is 19.7. The quantitative estimate of drug-likeness (QED) is 0.586. The van der Waals surface area contributed by atoms with E-state index in [9.17, 15) is 13.6 Å². The molecule has 1 amide bonds. The lowest BCUT2D eigenvalue weighted by Gasteiger charge is -2.12. The van der Waals surface area contributed by atoms with Crippen LogP contribution in [0, 0.1) is 6.92 Å². The molecule has 1 aliphatic heterocycles. The number of amides is 1. The maximum atomic E-state index is 12.8. The second-order valence-electron chi connectivity index (χ2n) is 5.92. The lowest BCUT2D eigenvalue weighted by atomic mass is 10.1. The van der Waals surface area contributed by atoms with E-state index >= 15 is 0 Å². The standard InChI is InChI=1S/C18H18F2N4O3S/c1-4-26-15-8-11(5-6-14(15)27-17(19)20)7-12-16(25)24(18(28)21-12)13-9-23(3)22-10(13)2/h5-9,17H,4H2,1-3H3,(H,21,28)/b12-7+. The fourth-order valence-corrected chi connectivity index (χ4v) is 3.09. The van der Waals surface area contributed by atoms with Crippen molar-refractivity contribution in [3.63, 3.8) is 0 Å². The van der Waals surface area contributed by atoms with Crippen molar-refractivity contribution in [2.75, 3.05) is 11.5 Å². The number of hydrogen-bond acceptors (Lipinski definition) is 5. The van der Waals surface area contributed by atoms with Crippen molar-refractivity contribution in [2.24, 2.45) is 7.05 Å². The molecule has 0 atom stereocenters. The molecule has 2 heterocycles. The molecule has 1 fully saturated rings. The lowest BCUT2D eigenvalue weighted by Crippen LogP contribution is -2.30. The first-order valence-corrected chi connectivity index (χ1v) is 8.80. The van der Waals surface area contributed by atoms with E-state index in [4.69, 9.17) is 17.0 Å². The first-order valence-electron chi connectivity index (χ1n) is 8.39. The predicted molar refractivity (Wildman–Crippen MR) is 103 cm³/mol. The second kappa shape index (κ2) is 7.93. The number of hydrogen-bond donors (Lipinski definition) is 1. The minimum atomic E-state index is -2.96. The van der Waals surface area contributed by atoms with Crippen molar-refractivity contribution < 1.29 is 23.0 Å².